The fourth-order valence-corrected chi connectivity index (χ4v) is 3.22. The molecule has 1 aromatic heterocycles. The number of piperidine rings is 1. The van der Waals surface area contributed by atoms with Crippen LogP contribution in [0.4, 0.5) is 13.2 Å². The smallest absolute Gasteiger partial charge is 0.380 e. The average molecular weight is 409 g/mol. The van der Waals surface area contributed by atoms with Crippen LogP contribution >= 0.6 is 0 Å². The standard InChI is InChI=1S/C19H22F3N5O2/c1-13-23-25-27(24-13)11-15-10-16(19(20,21)22)7-5-14(15)6-8-18(28)26-9-3-4-17(12-26)29-2/h5-8,10,17H,3-4,9,11-12H2,1-2H3/b8-6+/t17-/m1/s1. The molecule has 1 amide bonds. The minimum atomic E-state index is -4.47. The maximum Gasteiger partial charge on any atom is 0.416 e. The summed E-state index contributed by atoms with van der Waals surface area (Å²) in [7, 11) is 1.61. The van der Waals surface area contributed by atoms with E-state index < -0.39 is 11.7 Å². The molecule has 0 unspecified atom stereocenters. The van der Waals surface area contributed by atoms with Crippen molar-refractivity contribution in [1.29, 1.82) is 0 Å². The predicted octanol–water partition coefficient (Wildman–Crippen LogP) is 2.70. The van der Waals surface area contributed by atoms with Gasteiger partial charge in [0.25, 0.3) is 0 Å². The molecule has 1 saturated heterocycles. The number of alkyl halides is 3. The fourth-order valence-electron chi connectivity index (χ4n) is 3.22. The van der Waals surface area contributed by atoms with E-state index in [1.165, 1.54) is 23.0 Å². The van der Waals surface area contributed by atoms with Gasteiger partial charge in [-0.3, -0.25) is 4.79 Å². The molecule has 156 valence electrons. The van der Waals surface area contributed by atoms with Crippen LogP contribution in [-0.2, 0) is 22.3 Å². The summed E-state index contributed by atoms with van der Waals surface area (Å²) in [5, 5.41) is 11.6. The van der Waals surface area contributed by atoms with E-state index in [4.69, 9.17) is 4.74 Å². The Morgan fingerprint density at radius 1 is 1.38 bits per heavy atom. The molecular formula is C19H22F3N5O2. The first kappa shape index (κ1) is 21.0. The van der Waals surface area contributed by atoms with Crippen LogP contribution in [0.1, 0.15) is 35.4 Å². The highest BCUT2D eigenvalue weighted by atomic mass is 19.4. The summed E-state index contributed by atoms with van der Waals surface area (Å²) in [5.41, 5.74) is 0.0584. The highest BCUT2D eigenvalue weighted by Crippen LogP contribution is 2.31. The van der Waals surface area contributed by atoms with Gasteiger partial charge in [-0.05, 0) is 54.3 Å². The van der Waals surface area contributed by atoms with E-state index in [2.05, 4.69) is 15.4 Å². The molecule has 1 fully saturated rings. The average Bonchev–Trinajstić information content (AvgIpc) is 3.10. The van der Waals surface area contributed by atoms with Crippen molar-refractivity contribution < 1.29 is 22.7 Å². The molecule has 0 N–H and O–H groups in total. The molecule has 1 aromatic carbocycles. The second-order valence-electron chi connectivity index (χ2n) is 6.90. The monoisotopic (exact) mass is 409 g/mol. The number of carbonyl (C=O) groups excluding carboxylic acids is 1. The number of hydrogen-bond donors (Lipinski definition) is 0. The zero-order valence-corrected chi connectivity index (χ0v) is 16.2. The number of hydrogen-bond acceptors (Lipinski definition) is 5. The Balaban J connectivity index is 1.83. The zero-order chi connectivity index (χ0) is 21.0. The van der Waals surface area contributed by atoms with Crippen molar-refractivity contribution in [3.05, 3.63) is 46.8 Å². The number of nitrogens with zero attached hydrogens (tertiary/aromatic N) is 5. The van der Waals surface area contributed by atoms with Crippen molar-refractivity contribution in [3.63, 3.8) is 0 Å². The summed E-state index contributed by atoms with van der Waals surface area (Å²) in [4.78, 5) is 15.4. The molecular weight excluding hydrogens is 387 g/mol. The van der Waals surface area contributed by atoms with Gasteiger partial charge in [0.1, 0.15) is 0 Å². The number of amides is 1. The van der Waals surface area contributed by atoms with Crippen LogP contribution in [0.25, 0.3) is 6.08 Å². The molecule has 10 heteroatoms. The Labute approximate surface area is 166 Å². The van der Waals surface area contributed by atoms with E-state index in [1.54, 1.807) is 18.9 Å². The van der Waals surface area contributed by atoms with E-state index in [0.29, 0.717) is 30.0 Å². The molecule has 3 rings (SSSR count). The van der Waals surface area contributed by atoms with Crippen LogP contribution in [0.3, 0.4) is 0 Å². The highest BCUT2D eigenvalue weighted by Gasteiger charge is 2.31. The number of rotatable bonds is 5. The van der Waals surface area contributed by atoms with Gasteiger partial charge >= 0.3 is 6.18 Å². The van der Waals surface area contributed by atoms with E-state index in [0.717, 1.165) is 25.0 Å². The van der Waals surface area contributed by atoms with E-state index in [-0.39, 0.29) is 18.6 Å². The van der Waals surface area contributed by atoms with Crippen LogP contribution < -0.4 is 0 Å². The normalized spacial score (nSPS) is 17.8. The number of ether oxygens (including phenoxy) is 1. The molecule has 0 spiro atoms. The van der Waals surface area contributed by atoms with Crippen LogP contribution in [0.2, 0.25) is 0 Å². The van der Waals surface area contributed by atoms with Crippen LogP contribution in [0.15, 0.2) is 24.3 Å². The molecule has 1 aliphatic rings. The molecule has 0 saturated carbocycles. The summed E-state index contributed by atoms with van der Waals surface area (Å²) >= 11 is 0. The maximum atomic E-state index is 13.1. The van der Waals surface area contributed by atoms with Crippen LogP contribution in [0.5, 0.6) is 0 Å². The number of likely N-dealkylation sites (tertiary alicyclic amines) is 1. The lowest BCUT2D eigenvalue weighted by atomic mass is 10.0. The lowest BCUT2D eigenvalue weighted by Crippen LogP contribution is -2.42. The number of aryl methyl sites for hydroxylation is 1. The van der Waals surface area contributed by atoms with E-state index in [9.17, 15) is 18.0 Å². The van der Waals surface area contributed by atoms with Crippen molar-refractivity contribution >= 4 is 12.0 Å². The van der Waals surface area contributed by atoms with Crippen molar-refractivity contribution in [2.45, 2.75) is 38.6 Å². The molecule has 0 radical (unpaired) electrons. The molecule has 2 heterocycles. The van der Waals surface area contributed by atoms with Gasteiger partial charge in [0.05, 0.1) is 18.2 Å². The van der Waals surface area contributed by atoms with Crippen LogP contribution in [-0.4, -0.2) is 57.3 Å². The van der Waals surface area contributed by atoms with Gasteiger partial charge in [0, 0.05) is 26.3 Å². The molecule has 2 aromatic rings. The fraction of sp³-hybridized carbons (Fsp3) is 0.474. The van der Waals surface area contributed by atoms with Crippen molar-refractivity contribution in [3.8, 4) is 0 Å². The zero-order valence-electron chi connectivity index (χ0n) is 16.2. The van der Waals surface area contributed by atoms with Gasteiger partial charge in [-0.25, -0.2) is 0 Å². The Hall–Kier alpha value is -2.75. The third-order valence-corrected chi connectivity index (χ3v) is 4.76. The molecule has 1 atom stereocenters. The Bertz CT molecular complexity index is 894. The van der Waals surface area contributed by atoms with Gasteiger partial charge in [-0.2, -0.15) is 18.0 Å². The number of methoxy groups -OCH3 is 1. The second-order valence-corrected chi connectivity index (χ2v) is 6.90. The predicted molar refractivity (Wildman–Crippen MR) is 98.7 cm³/mol. The summed E-state index contributed by atoms with van der Waals surface area (Å²) < 4.78 is 44.7. The lowest BCUT2D eigenvalue weighted by molar-refractivity contribution is -0.137. The molecule has 29 heavy (non-hydrogen) atoms. The largest absolute Gasteiger partial charge is 0.416 e. The molecule has 0 bridgehead atoms. The first-order chi connectivity index (χ1) is 13.8. The number of aromatic nitrogens is 4. The highest BCUT2D eigenvalue weighted by molar-refractivity contribution is 5.92. The van der Waals surface area contributed by atoms with E-state index in [1.807, 2.05) is 0 Å². The summed E-state index contributed by atoms with van der Waals surface area (Å²) in [6.07, 6.45) is 0.187. The SMILES string of the molecule is CO[C@@H]1CCCN(C(=O)/C=C/c2ccc(C(F)(F)F)cc2Cn2nnc(C)n2)C1. The van der Waals surface area contributed by atoms with Gasteiger partial charge in [-0.1, -0.05) is 6.07 Å². The lowest BCUT2D eigenvalue weighted by Gasteiger charge is -2.31. The number of tetrazole rings is 1. The van der Waals surface area contributed by atoms with Gasteiger partial charge in [0.2, 0.25) is 5.91 Å². The summed E-state index contributed by atoms with van der Waals surface area (Å²) in [5.74, 6) is 0.217. The number of halogens is 3. The number of benzene rings is 1. The molecule has 1 aliphatic heterocycles. The second kappa shape index (κ2) is 8.73. The summed E-state index contributed by atoms with van der Waals surface area (Å²) in [6.45, 7) is 2.78. The van der Waals surface area contributed by atoms with Crippen LogP contribution in [0, 0.1) is 6.92 Å². The quantitative estimate of drug-likeness (QED) is 0.710. The summed E-state index contributed by atoms with van der Waals surface area (Å²) in [6, 6.07) is 3.39. The van der Waals surface area contributed by atoms with E-state index >= 15 is 0 Å². The first-order valence-corrected chi connectivity index (χ1v) is 9.20. The number of carbonyl (C=O) groups is 1. The maximum absolute atomic E-state index is 13.1. The Kier molecular flexibility index (Phi) is 6.31. The molecule has 7 nitrogen and oxygen atoms in total. The van der Waals surface area contributed by atoms with Gasteiger partial charge in [-0.15, -0.1) is 10.2 Å². The minimum absolute atomic E-state index is 0.00404. The van der Waals surface area contributed by atoms with Crippen molar-refractivity contribution in [2.24, 2.45) is 0 Å². The first-order valence-electron chi connectivity index (χ1n) is 9.20. The Morgan fingerprint density at radius 3 is 2.83 bits per heavy atom. The Morgan fingerprint density at radius 2 is 2.17 bits per heavy atom. The minimum Gasteiger partial charge on any atom is -0.380 e. The third kappa shape index (κ3) is 5.41. The topological polar surface area (TPSA) is 73.1 Å². The molecule has 0 aliphatic carbocycles. The van der Waals surface area contributed by atoms with Crippen molar-refractivity contribution in [1.82, 2.24) is 25.1 Å². The third-order valence-electron chi connectivity index (χ3n) is 4.76. The van der Waals surface area contributed by atoms with Gasteiger partial charge in [0.15, 0.2) is 5.82 Å². The van der Waals surface area contributed by atoms with Gasteiger partial charge < -0.3 is 9.64 Å². The van der Waals surface area contributed by atoms with Crippen molar-refractivity contribution in [2.75, 3.05) is 20.2 Å².